The Bertz CT molecular complexity index is 416. The van der Waals surface area contributed by atoms with Crippen LogP contribution in [0.3, 0.4) is 0 Å². The van der Waals surface area contributed by atoms with E-state index in [0.717, 1.165) is 19.1 Å². The molecule has 0 aromatic heterocycles. The van der Waals surface area contributed by atoms with Gasteiger partial charge in [0, 0.05) is 12.6 Å². The summed E-state index contributed by atoms with van der Waals surface area (Å²) >= 11 is 0. The summed E-state index contributed by atoms with van der Waals surface area (Å²) in [5.74, 6) is 0.764. The average Bonchev–Trinajstić information content (AvgIpc) is 2.51. The smallest absolute Gasteiger partial charge is 0.0723 e. The molecule has 1 aliphatic rings. The van der Waals surface area contributed by atoms with Gasteiger partial charge in [-0.1, -0.05) is 64.3 Å². The first kappa shape index (κ1) is 16.5. The van der Waals surface area contributed by atoms with Gasteiger partial charge in [-0.3, -0.25) is 0 Å². The van der Waals surface area contributed by atoms with E-state index in [1.54, 1.807) is 0 Å². The van der Waals surface area contributed by atoms with Crippen molar-refractivity contribution in [3.8, 4) is 0 Å². The summed E-state index contributed by atoms with van der Waals surface area (Å²) in [6.07, 6.45) is 7.02. The van der Waals surface area contributed by atoms with Gasteiger partial charge in [0.2, 0.25) is 0 Å². The second-order valence-electron chi connectivity index (χ2n) is 6.61. The Kier molecular flexibility index (Phi) is 6.72. The molecule has 2 rings (SSSR count). The number of nitrogens with one attached hydrogen (secondary N) is 1. The minimum atomic E-state index is 0.467. The van der Waals surface area contributed by atoms with Gasteiger partial charge in [0.05, 0.1) is 12.7 Å². The second-order valence-corrected chi connectivity index (χ2v) is 6.61. The van der Waals surface area contributed by atoms with Crippen molar-refractivity contribution in [2.24, 2.45) is 5.92 Å². The zero-order valence-electron chi connectivity index (χ0n) is 13.9. The van der Waals surface area contributed by atoms with Gasteiger partial charge < -0.3 is 10.1 Å². The summed E-state index contributed by atoms with van der Waals surface area (Å²) in [6, 6.07) is 9.18. The summed E-state index contributed by atoms with van der Waals surface area (Å²) in [7, 11) is 0. The SMILES string of the molecule is CCC1CCCCC1OCc1ccccc1CNC(C)C. The molecule has 0 amide bonds. The monoisotopic (exact) mass is 289 g/mol. The van der Waals surface area contributed by atoms with Crippen LogP contribution in [0.15, 0.2) is 24.3 Å². The van der Waals surface area contributed by atoms with Gasteiger partial charge in [-0.25, -0.2) is 0 Å². The minimum absolute atomic E-state index is 0.467. The molecule has 118 valence electrons. The zero-order chi connectivity index (χ0) is 15.1. The van der Waals surface area contributed by atoms with Crippen molar-refractivity contribution >= 4 is 0 Å². The van der Waals surface area contributed by atoms with E-state index in [1.165, 1.54) is 43.2 Å². The Hall–Kier alpha value is -0.860. The minimum Gasteiger partial charge on any atom is -0.373 e. The lowest BCUT2D eigenvalue weighted by Gasteiger charge is -2.31. The highest BCUT2D eigenvalue weighted by Crippen LogP contribution is 2.30. The van der Waals surface area contributed by atoms with Crippen LogP contribution in [0, 0.1) is 5.92 Å². The number of hydrogen-bond acceptors (Lipinski definition) is 2. The summed E-state index contributed by atoms with van der Waals surface area (Å²) in [6.45, 7) is 8.36. The molecule has 1 aromatic carbocycles. The van der Waals surface area contributed by atoms with Crippen molar-refractivity contribution in [3.05, 3.63) is 35.4 Å². The van der Waals surface area contributed by atoms with Crippen LogP contribution in [0.4, 0.5) is 0 Å². The molecule has 1 aliphatic carbocycles. The molecule has 0 aliphatic heterocycles. The molecule has 1 saturated carbocycles. The van der Waals surface area contributed by atoms with Gasteiger partial charge in [0.15, 0.2) is 0 Å². The van der Waals surface area contributed by atoms with Crippen molar-refractivity contribution in [2.75, 3.05) is 0 Å². The fourth-order valence-electron chi connectivity index (χ4n) is 3.24. The number of rotatable bonds is 7. The normalized spacial score (nSPS) is 22.7. The fourth-order valence-corrected chi connectivity index (χ4v) is 3.24. The maximum atomic E-state index is 6.29. The quantitative estimate of drug-likeness (QED) is 0.787. The van der Waals surface area contributed by atoms with Gasteiger partial charge in [-0.05, 0) is 29.9 Å². The van der Waals surface area contributed by atoms with Crippen molar-refractivity contribution in [1.29, 1.82) is 0 Å². The van der Waals surface area contributed by atoms with Gasteiger partial charge in [-0.15, -0.1) is 0 Å². The highest BCUT2D eigenvalue weighted by molar-refractivity contribution is 5.26. The molecule has 1 aromatic rings. The molecule has 2 heteroatoms. The third kappa shape index (κ3) is 5.12. The van der Waals surface area contributed by atoms with Crippen LogP contribution >= 0.6 is 0 Å². The zero-order valence-corrected chi connectivity index (χ0v) is 13.9. The second kappa shape index (κ2) is 8.55. The van der Waals surface area contributed by atoms with Crippen molar-refractivity contribution in [2.45, 2.75) is 78.2 Å². The summed E-state index contributed by atoms with van der Waals surface area (Å²) < 4.78 is 6.29. The maximum absolute atomic E-state index is 6.29. The topological polar surface area (TPSA) is 21.3 Å². The molecule has 2 atom stereocenters. The molecule has 0 radical (unpaired) electrons. The number of ether oxygens (including phenoxy) is 1. The molecule has 0 bridgehead atoms. The van der Waals surface area contributed by atoms with E-state index in [0.29, 0.717) is 12.1 Å². The molecule has 0 saturated heterocycles. The Morgan fingerprint density at radius 1 is 1.14 bits per heavy atom. The van der Waals surface area contributed by atoms with Crippen LogP contribution < -0.4 is 5.32 Å². The van der Waals surface area contributed by atoms with Crippen LogP contribution in [0.5, 0.6) is 0 Å². The molecule has 1 N–H and O–H groups in total. The number of hydrogen-bond donors (Lipinski definition) is 1. The molecule has 2 unspecified atom stereocenters. The largest absolute Gasteiger partial charge is 0.373 e. The molecule has 1 fully saturated rings. The van der Waals surface area contributed by atoms with E-state index in [1.807, 2.05) is 0 Å². The molecule has 21 heavy (non-hydrogen) atoms. The summed E-state index contributed by atoms with van der Waals surface area (Å²) in [4.78, 5) is 0. The van der Waals surface area contributed by atoms with E-state index >= 15 is 0 Å². The van der Waals surface area contributed by atoms with Crippen molar-refractivity contribution in [3.63, 3.8) is 0 Å². The standard InChI is InChI=1S/C19H31NO/c1-4-16-9-7-8-12-19(16)21-14-18-11-6-5-10-17(18)13-20-15(2)3/h5-6,10-11,15-16,19-20H,4,7-9,12-14H2,1-3H3. The molecule has 2 nitrogen and oxygen atoms in total. The van der Waals surface area contributed by atoms with Crippen LogP contribution in [0.25, 0.3) is 0 Å². The molecular weight excluding hydrogens is 258 g/mol. The van der Waals surface area contributed by atoms with Crippen LogP contribution in [-0.2, 0) is 17.9 Å². The average molecular weight is 289 g/mol. The molecule has 0 heterocycles. The van der Waals surface area contributed by atoms with Crippen LogP contribution in [-0.4, -0.2) is 12.1 Å². The maximum Gasteiger partial charge on any atom is 0.0723 e. The Balaban J connectivity index is 1.92. The van der Waals surface area contributed by atoms with Gasteiger partial charge in [-0.2, -0.15) is 0 Å². The van der Waals surface area contributed by atoms with Gasteiger partial charge in [0.25, 0.3) is 0 Å². The predicted octanol–water partition coefficient (Wildman–Crippen LogP) is 4.67. The Labute approximate surface area is 130 Å². The van der Waals surface area contributed by atoms with Gasteiger partial charge in [0.1, 0.15) is 0 Å². The van der Waals surface area contributed by atoms with Crippen LogP contribution in [0.2, 0.25) is 0 Å². The molecular formula is C19H31NO. The van der Waals surface area contributed by atoms with E-state index < -0.39 is 0 Å². The van der Waals surface area contributed by atoms with Crippen LogP contribution in [0.1, 0.15) is 64.0 Å². The Morgan fingerprint density at radius 2 is 1.86 bits per heavy atom. The molecule has 0 spiro atoms. The lowest BCUT2D eigenvalue weighted by molar-refractivity contribution is -0.0224. The first-order valence-corrected chi connectivity index (χ1v) is 8.62. The highest BCUT2D eigenvalue weighted by Gasteiger charge is 2.24. The fraction of sp³-hybridized carbons (Fsp3) is 0.684. The first-order chi connectivity index (χ1) is 10.2. The third-order valence-electron chi connectivity index (χ3n) is 4.64. The van der Waals surface area contributed by atoms with Gasteiger partial charge >= 0.3 is 0 Å². The van der Waals surface area contributed by atoms with E-state index in [-0.39, 0.29) is 0 Å². The summed E-state index contributed by atoms with van der Waals surface area (Å²) in [5, 5.41) is 3.50. The Morgan fingerprint density at radius 3 is 2.57 bits per heavy atom. The summed E-state index contributed by atoms with van der Waals surface area (Å²) in [5.41, 5.74) is 2.71. The predicted molar refractivity (Wildman–Crippen MR) is 89.2 cm³/mol. The van der Waals surface area contributed by atoms with E-state index in [9.17, 15) is 0 Å². The highest BCUT2D eigenvalue weighted by atomic mass is 16.5. The first-order valence-electron chi connectivity index (χ1n) is 8.62. The van der Waals surface area contributed by atoms with E-state index in [2.05, 4.69) is 50.4 Å². The lowest BCUT2D eigenvalue weighted by atomic mass is 9.85. The van der Waals surface area contributed by atoms with Crippen molar-refractivity contribution in [1.82, 2.24) is 5.32 Å². The van der Waals surface area contributed by atoms with Crippen molar-refractivity contribution < 1.29 is 4.74 Å². The lowest BCUT2D eigenvalue weighted by Crippen LogP contribution is -2.27. The third-order valence-corrected chi connectivity index (χ3v) is 4.64. The number of benzene rings is 1. The van der Waals surface area contributed by atoms with E-state index in [4.69, 9.17) is 4.74 Å².